The summed E-state index contributed by atoms with van der Waals surface area (Å²) in [7, 11) is 2.26. The van der Waals surface area contributed by atoms with Gasteiger partial charge in [0.15, 0.2) is 0 Å². The molecule has 0 radical (unpaired) electrons. The van der Waals surface area contributed by atoms with Crippen molar-refractivity contribution in [2.45, 2.75) is 40.0 Å². The molecule has 1 heteroatoms. The maximum absolute atomic E-state index is 2.49. The molecule has 0 N–H and O–H groups in total. The number of nitrogens with zero attached hydrogens (tertiary/aromatic N) is 1. The van der Waals surface area contributed by atoms with Crippen molar-refractivity contribution in [3.63, 3.8) is 0 Å². The lowest BCUT2D eigenvalue weighted by atomic mass is 9.45. The fourth-order valence-electron chi connectivity index (χ4n) is 3.71. The van der Waals surface area contributed by atoms with Crippen molar-refractivity contribution in [3.05, 3.63) is 0 Å². The van der Waals surface area contributed by atoms with Gasteiger partial charge in [-0.15, -0.1) is 0 Å². The largest absolute Gasteiger partial charge is 0.306 e. The number of fused-ring (bicyclic) bond motifs is 2. The molecule has 1 nitrogen and oxygen atoms in total. The van der Waals surface area contributed by atoms with E-state index >= 15 is 0 Å². The third-order valence-corrected chi connectivity index (χ3v) is 5.09. The molecule has 0 aromatic rings. The maximum atomic E-state index is 2.49. The van der Waals surface area contributed by atoms with Gasteiger partial charge in [-0.25, -0.2) is 0 Å². The van der Waals surface area contributed by atoms with Crippen molar-refractivity contribution in [2.24, 2.45) is 23.2 Å². The summed E-state index contributed by atoms with van der Waals surface area (Å²) in [4.78, 5) is 2.49. The highest BCUT2D eigenvalue weighted by Crippen LogP contribution is 2.61. The number of hydrogen-bond donors (Lipinski definition) is 0. The predicted octanol–water partition coefficient (Wildman–Crippen LogP) is 3.01. The molecule has 0 amide bonds. The smallest absolute Gasteiger partial charge is 0.000935 e. The summed E-state index contributed by atoms with van der Waals surface area (Å²) < 4.78 is 0. The average molecular weight is 195 g/mol. The van der Waals surface area contributed by atoms with Gasteiger partial charge < -0.3 is 4.90 Å². The van der Waals surface area contributed by atoms with E-state index in [1.54, 1.807) is 0 Å². The third-order valence-electron chi connectivity index (χ3n) is 5.09. The van der Waals surface area contributed by atoms with E-state index in [4.69, 9.17) is 0 Å². The van der Waals surface area contributed by atoms with Crippen LogP contribution in [0.1, 0.15) is 40.0 Å². The van der Waals surface area contributed by atoms with Gasteiger partial charge in [0.05, 0.1) is 0 Å². The van der Waals surface area contributed by atoms with Crippen LogP contribution in [-0.4, -0.2) is 25.0 Å². The molecule has 0 heterocycles. The lowest BCUT2D eigenvalue weighted by Crippen LogP contribution is -2.54. The molecular weight excluding hydrogens is 170 g/mol. The van der Waals surface area contributed by atoms with E-state index in [1.165, 1.54) is 32.4 Å². The van der Waals surface area contributed by atoms with E-state index in [2.05, 4.69) is 32.7 Å². The Morgan fingerprint density at radius 3 is 2.50 bits per heavy atom. The molecule has 1 unspecified atom stereocenters. The zero-order valence-corrected chi connectivity index (χ0v) is 10.2. The Morgan fingerprint density at radius 2 is 2.00 bits per heavy atom. The van der Waals surface area contributed by atoms with Gasteiger partial charge >= 0.3 is 0 Å². The van der Waals surface area contributed by atoms with Crippen molar-refractivity contribution in [1.82, 2.24) is 4.90 Å². The molecule has 2 bridgehead atoms. The summed E-state index contributed by atoms with van der Waals surface area (Å²) in [5.41, 5.74) is 0.664. The van der Waals surface area contributed by atoms with Crippen LogP contribution in [0.25, 0.3) is 0 Å². The fourth-order valence-corrected chi connectivity index (χ4v) is 3.71. The van der Waals surface area contributed by atoms with Crippen LogP contribution < -0.4 is 0 Å². The minimum Gasteiger partial charge on any atom is -0.306 e. The van der Waals surface area contributed by atoms with Gasteiger partial charge in [0.2, 0.25) is 0 Å². The molecule has 0 saturated heterocycles. The second-order valence-electron chi connectivity index (χ2n) is 6.05. The van der Waals surface area contributed by atoms with Crippen LogP contribution in [0.4, 0.5) is 0 Å². The van der Waals surface area contributed by atoms with Crippen molar-refractivity contribution in [2.75, 3.05) is 20.1 Å². The molecule has 3 fully saturated rings. The molecular formula is C13H25N. The van der Waals surface area contributed by atoms with E-state index in [0.29, 0.717) is 5.41 Å². The second-order valence-corrected chi connectivity index (χ2v) is 6.05. The fraction of sp³-hybridized carbons (Fsp3) is 1.00. The van der Waals surface area contributed by atoms with Crippen LogP contribution in [0.2, 0.25) is 0 Å². The first-order valence-electron chi connectivity index (χ1n) is 6.24. The highest BCUT2D eigenvalue weighted by Gasteiger charge is 2.53. The average Bonchev–Trinajstić information content (AvgIpc) is 2.17. The Morgan fingerprint density at radius 1 is 1.29 bits per heavy atom. The molecule has 0 aromatic carbocycles. The topological polar surface area (TPSA) is 3.24 Å². The van der Waals surface area contributed by atoms with E-state index < -0.39 is 0 Å². The summed E-state index contributed by atoms with van der Waals surface area (Å²) in [6, 6.07) is 0. The Labute approximate surface area is 88.9 Å². The van der Waals surface area contributed by atoms with Gasteiger partial charge in [0, 0.05) is 6.54 Å². The molecule has 3 saturated carbocycles. The zero-order valence-electron chi connectivity index (χ0n) is 10.2. The zero-order chi connectivity index (χ0) is 10.3. The van der Waals surface area contributed by atoms with Crippen molar-refractivity contribution < 1.29 is 0 Å². The molecule has 3 aliphatic carbocycles. The second kappa shape index (κ2) is 3.52. The van der Waals surface area contributed by atoms with E-state index in [-0.39, 0.29) is 0 Å². The molecule has 3 aliphatic rings. The Kier molecular flexibility index (Phi) is 2.63. The molecule has 82 valence electrons. The predicted molar refractivity (Wildman–Crippen MR) is 61.3 cm³/mol. The standard InChI is InChI=1S/C13H25N/c1-5-14(4)9-10-6-7-11-8-12(10)13(11,2)3/h10-12H,5-9H2,1-4H3/t10-,11?,12-/m1/s1. The van der Waals surface area contributed by atoms with Gasteiger partial charge in [-0.3, -0.25) is 0 Å². The van der Waals surface area contributed by atoms with Crippen LogP contribution in [0.3, 0.4) is 0 Å². The Hall–Kier alpha value is -0.0400. The monoisotopic (exact) mass is 195 g/mol. The first-order valence-corrected chi connectivity index (χ1v) is 6.24. The Bertz CT molecular complexity index is 207. The molecule has 0 spiro atoms. The van der Waals surface area contributed by atoms with Gasteiger partial charge in [0.25, 0.3) is 0 Å². The Balaban J connectivity index is 1.94. The first-order chi connectivity index (χ1) is 6.55. The first kappa shape index (κ1) is 10.5. The molecule has 3 rings (SSSR count). The molecule has 14 heavy (non-hydrogen) atoms. The van der Waals surface area contributed by atoms with E-state index in [1.807, 2.05) is 0 Å². The van der Waals surface area contributed by atoms with Crippen LogP contribution >= 0.6 is 0 Å². The summed E-state index contributed by atoms with van der Waals surface area (Å²) in [5, 5.41) is 0. The molecule has 0 aromatic heterocycles. The van der Waals surface area contributed by atoms with Crippen molar-refractivity contribution in [1.29, 1.82) is 0 Å². The number of hydrogen-bond acceptors (Lipinski definition) is 1. The minimum absolute atomic E-state index is 0.664. The highest BCUT2D eigenvalue weighted by molar-refractivity contribution is 5.03. The van der Waals surface area contributed by atoms with Gasteiger partial charge in [-0.05, 0) is 56.0 Å². The SMILES string of the molecule is CCN(C)C[C@H]1CCC2C[C@H]1C2(C)C. The third kappa shape index (κ3) is 1.50. The quantitative estimate of drug-likeness (QED) is 0.669. The molecule has 3 atom stereocenters. The summed E-state index contributed by atoms with van der Waals surface area (Å²) in [6.07, 6.45) is 4.50. The van der Waals surface area contributed by atoms with Crippen molar-refractivity contribution in [3.8, 4) is 0 Å². The van der Waals surface area contributed by atoms with Crippen molar-refractivity contribution >= 4 is 0 Å². The number of rotatable bonds is 3. The maximum Gasteiger partial charge on any atom is 0.000935 e. The summed E-state index contributed by atoms with van der Waals surface area (Å²) in [6.45, 7) is 9.77. The van der Waals surface area contributed by atoms with Gasteiger partial charge in [-0.2, -0.15) is 0 Å². The summed E-state index contributed by atoms with van der Waals surface area (Å²) >= 11 is 0. The van der Waals surface area contributed by atoms with Gasteiger partial charge in [0.1, 0.15) is 0 Å². The van der Waals surface area contributed by atoms with Gasteiger partial charge in [-0.1, -0.05) is 20.8 Å². The minimum atomic E-state index is 0.664. The van der Waals surface area contributed by atoms with Crippen LogP contribution in [0.15, 0.2) is 0 Å². The van der Waals surface area contributed by atoms with E-state index in [0.717, 1.165) is 17.8 Å². The summed E-state index contributed by atoms with van der Waals surface area (Å²) in [5.74, 6) is 3.06. The van der Waals surface area contributed by atoms with Crippen LogP contribution in [-0.2, 0) is 0 Å². The lowest BCUT2D eigenvalue weighted by molar-refractivity contribution is -0.110. The highest BCUT2D eigenvalue weighted by atomic mass is 15.1. The van der Waals surface area contributed by atoms with Crippen LogP contribution in [0, 0.1) is 23.2 Å². The molecule has 0 aliphatic heterocycles. The normalized spacial score (nSPS) is 39.6. The van der Waals surface area contributed by atoms with Crippen LogP contribution in [0.5, 0.6) is 0 Å². The van der Waals surface area contributed by atoms with E-state index in [9.17, 15) is 0 Å². The lowest BCUT2D eigenvalue weighted by Gasteiger charge is -2.60.